The molecule has 1 aliphatic heterocycles. The van der Waals surface area contributed by atoms with E-state index in [0.29, 0.717) is 6.04 Å². The van der Waals surface area contributed by atoms with Crippen molar-refractivity contribution in [2.24, 2.45) is 5.10 Å². The summed E-state index contributed by atoms with van der Waals surface area (Å²) in [6, 6.07) is 6.47. The summed E-state index contributed by atoms with van der Waals surface area (Å²) in [6.07, 6.45) is 3.73. The summed E-state index contributed by atoms with van der Waals surface area (Å²) >= 11 is 0. The van der Waals surface area contributed by atoms with Gasteiger partial charge in [-0.1, -0.05) is 6.08 Å². The Morgan fingerprint density at radius 1 is 1.40 bits per heavy atom. The smallest absolute Gasteiger partial charge is 0.254 e. The molecule has 0 saturated heterocycles. The third kappa shape index (κ3) is 3.90. The normalized spacial score (nSPS) is 15.8. The van der Waals surface area contributed by atoms with Gasteiger partial charge in [0.25, 0.3) is 5.91 Å². The molecule has 1 heterocycles. The Balaban J connectivity index is 2.41. The molecule has 0 fully saturated rings. The highest BCUT2D eigenvalue weighted by atomic mass is 16.2. The number of aryl methyl sites for hydroxylation is 1. The summed E-state index contributed by atoms with van der Waals surface area (Å²) in [5, 5.41) is 12.5. The van der Waals surface area contributed by atoms with Crippen LogP contribution in [0.1, 0.15) is 57.7 Å². The number of allylic oxidation sites excluding steroid dienone is 1. The number of hydrogen-bond acceptors (Lipinski definition) is 4. The Hall–Kier alpha value is -2.61. The number of amides is 1. The van der Waals surface area contributed by atoms with Gasteiger partial charge < -0.3 is 4.90 Å². The standard InChI is InChI=1S/C20H26N4O/c1-13(2)24-18-9-14(3)16(12-22-23-19(25)7-8-21)10-17(18)15(4)11-20(24,5)6/h9-13H,7H2,1-6H3,(H,23,25)/b22-12-. The number of hydrogen-bond donors (Lipinski definition) is 1. The number of nitrogens with one attached hydrogen (secondary N) is 1. The van der Waals surface area contributed by atoms with Crippen molar-refractivity contribution in [3.05, 3.63) is 34.9 Å². The van der Waals surface area contributed by atoms with Gasteiger partial charge in [0.15, 0.2) is 0 Å². The second-order valence-corrected chi connectivity index (χ2v) is 7.30. The molecule has 1 aromatic rings. The molecule has 0 atom stereocenters. The number of hydrazone groups is 1. The number of fused-ring (bicyclic) bond motifs is 1. The van der Waals surface area contributed by atoms with E-state index >= 15 is 0 Å². The van der Waals surface area contributed by atoms with Gasteiger partial charge in [0, 0.05) is 17.3 Å². The van der Waals surface area contributed by atoms with Crippen molar-refractivity contribution in [1.29, 1.82) is 5.26 Å². The van der Waals surface area contributed by atoms with Gasteiger partial charge in [-0.2, -0.15) is 10.4 Å². The monoisotopic (exact) mass is 338 g/mol. The Labute approximate surface area is 150 Å². The molecule has 0 aliphatic carbocycles. The van der Waals surface area contributed by atoms with Crippen LogP contribution in [-0.4, -0.2) is 23.7 Å². The van der Waals surface area contributed by atoms with Gasteiger partial charge in [-0.3, -0.25) is 4.79 Å². The molecule has 132 valence electrons. The summed E-state index contributed by atoms with van der Waals surface area (Å²) in [7, 11) is 0. The molecule has 1 aromatic carbocycles. The quantitative estimate of drug-likeness (QED) is 0.671. The third-order valence-electron chi connectivity index (χ3n) is 4.41. The topological polar surface area (TPSA) is 68.5 Å². The van der Waals surface area contributed by atoms with E-state index in [1.165, 1.54) is 16.8 Å². The molecule has 25 heavy (non-hydrogen) atoms. The molecular formula is C20H26N4O. The zero-order valence-electron chi connectivity index (χ0n) is 15.8. The molecule has 5 heteroatoms. The fraction of sp³-hybridized carbons (Fsp3) is 0.450. The number of carbonyl (C=O) groups is 1. The van der Waals surface area contributed by atoms with Crippen LogP contribution < -0.4 is 10.3 Å². The first-order valence-electron chi connectivity index (χ1n) is 8.50. The molecule has 0 unspecified atom stereocenters. The lowest BCUT2D eigenvalue weighted by Crippen LogP contribution is -2.49. The van der Waals surface area contributed by atoms with Crippen LogP contribution in [0.3, 0.4) is 0 Å². The van der Waals surface area contributed by atoms with Crippen molar-refractivity contribution in [1.82, 2.24) is 5.43 Å². The van der Waals surface area contributed by atoms with E-state index in [1.807, 2.05) is 6.92 Å². The van der Waals surface area contributed by atoms with Gasteiger partial charge in [-0.15, -0.1) is 0 Å². The van der Waals surface area contributed by atoms with E-state index in [9.17, 15) is 4.79 Å². The summed E-state index contributed by atoms with van der Waals surface area (Å²) < 4.78 is 0. The molecule has 0 saturated carbocycles. The lowest BCUT2D eigenvalue weighted by molar-refractivity contribution is -0.120. The molecule has 0 radical (unpaired) electrons. The minimum atomic E-state index is -0.404. The van der Waals surface area contributed by atoms with Crippen LogP contribution >= 0.6 is 0 Å². The van der Waals surface area contributed by atoms with Gasteiger partial charge >= 0.3 is 0 Å². The fourth-order valence-corrected chi connectivity index (χ4v) is 3.58. The fourth-order valence-electron chi connectivity index (χ4n) is 3.58. The van der Waals surface area contributed by atoms with Crippen LogP contribution in [0.15, 0.2) is 23.3 Å². The number of nitriles is 1. The van der Waals surface area contributed by atoms with E-state index in [2.05, 4.69) is 68.3 Å². The SMILES string of the molecule is CC1=CC(C)(C)N(C(C)C)c2cc(C)c(/C=N\NC(=O)CC#N)cc21. The van der Waals surface area contributed by atoms with Crippen LogP contribution in [0.4, 0.5) is 5.69 Å². The van der Waals surface area contributed by atoms with Crippen LogP contribution in [0.25, 0.3) is 5.57 Å². The largest absolute Gasteiger partial charge is 0.360 e. The first-order chi connectivity index (χ1) is 11.7. The van der Waals surface area contributed by atoms with Gasteiger partial charge in [0.05, 0.1) is 17.8 Å². The Morgan fingerprint density at radius 2 is 2.08 bits per heavy atom. The Kier molecular flexibility index (Phi) is 5.32. The third-order valence-corrected chi connectivity index (χ3v) is 4.41. The lowest BCUT2D eigenvalue weighted by Gasteiger charge is -2.46. The highest BCUT2D eigenvalue weighted by molar-refractivity contribution is 5.90. The summed E-state index contributed by atoms with van der Waals surface area (Å²) in [5.74, 6) is -0.404. The zero-order chi connectivity index (χ0) is 18.8. The average molecular weight is 338 g/mol. The van der Waals surface area contributed by atoms with E-state index in [4.69, 9.17) is 5.26 Å². The molecule has 0 bridgehead atoms. The maximum Gasteiger partial charge on any atom is 0.254 e. The predicted molar refractivity (Wildman–Crippen MR) is 102 cm³/mol. The minimum Gasteiger partial charge on any atom is -0.360 e. The molecule has 0 aromatic heterocycles. The highest BCUT2D eigenvalue weighted by Gasteiger charge is 2.33. The highest BCUT2D eigenvalue weighted by Crippen LogP contribution is 2.41. The average Bonchev–Trinajstić information content (AvgIpc) is 2.47. The Bertz CT molecular complexity index is 782. The zero-order valence-corrected chi connectivity index (χ0v) is 15.8. The van der Waals surface area contributed by atoms with E-state index < -0.39 is 5.91 Å². The van der Waals surface area contributed by atoms with E-state index in [0.717, 1.165) is 11.1 Å². The van der Waals surface area contributed by atoms with Crippen LogP contribution in [0.2, 0.25) is 0 Å². The minimum absolute atomic E-state index is 0.0431. The molecule has 1 amide bonds. The Morgan fingerprint density at radius 3 is 2.68 bits per heavy atom. The molecule has 1 N–H and O–H groups in total. The van der Waals surface area contributed by atoms with Crippen molar-refractivity contribution >= 4 is 23.4 Å². The van der Waals surface area contributed by atoms with Crippen molar-refractivity contribution in [2.75, 3.05) is 4.90 Å². The van der Waals surface area contributed by atoms with Gasteiger partial charge in [-0.05, 0) is 70.4 Å². The van der Waals surface area contributed by atoms with Crippen molar-refractivity contribution in [2.45, 2.75) is 59.5 Å². The second kappa shape index (κ2) is 7.10. The summed E-state index contributed by atoms with van der Waals surface area (Å²) in [4.78, 5) is 13.8. The maximum absolute atomic E-state index is 11.3. The van der Waals surface area contributed by atoms with Crippen molar-refractivity contribution in [3.8, 4) is 6.07 Å². The predicted octanol–water partition coefficient (Wildman–Crippen LogP) is 3.77. The van der Waals surface area contributed by atoms with Crippen molar-refractivity contribution in [3.63, 3.8) is 0 Å². The first-order valence-corrected chi connectivity index (χ1v) is 8.50. The first kappa shape index (κ1) is 18.7. The number of benzene rings is 1. The number of nitrogens with zero attached hydrogens (tertiary/aromatic N) is 3. The number of rotatable bonds is 4. The van der Waals surface area contributed by atoms with E-state index in [1.54, 1.807) is 12.3 Å². The molecule has 0 spiro atoms. The number of anilines is 1. The molecule has 2 rings (SSSR count). The van der Waals surface area contributed by atoms with Crippen LogP contribution in [-0.2, 0) is 4.79 Å². The summed E-state index contributed by atoms with van der Waals surface area (Å²) in [6.45, 7) is 13.0. The second-order valence-electron chi connectivity index (χ2n) is 7.30. The maximum atomic E-state index is 11.3. The lowest BCUT2D eigenvalue weighted by atomic mass is 9.86. The molecule has 5 nitrogen and oxygen atoms in total. The van der Waals surface area contributed by atoms with E-state index in [-0.39, 0.29) is 12.0 Å². The number of carbonyl (C=O) groups excluding carboxylic acids is 1. The molecule has 1 aliphatic rings. The van der Waals surface area contributed by atoms with Gasteiger partial charge in [-0.25, -0.2) is 5.43 Å². The van der Waals surface area contributed by atoms with Gasteiger partial charge in [0.1, 0.15) is 6.42 Å². The van der Waals surface area contributed by atoms with Crippen LogP contribution in [0, 0.1) is 18.3 Å². The van der Waals surface area contributed by atoms with Crippen molar-refractivity contribution < 1.29 is 4.79 Å². The van der Waals surface area contributed by atoms with Crippen LogP contribution in [0.5, 0.6) is 0 Å². The molecular weight excluding hydrogens is 312 g/mol. The summed E-state index contributed by atoms with van der Waals surface area (Å²) in [5.41, 5.74) is 8.02. The van der Waals surface area contributed by atoms with Gasteiger partial charge in [0.2, 0.25) is 0 Å².